The molecule has 0 bridgehead atoms. The molecule has 0 aliphatic carbocycles. The van der Waals surface area contributed by atoms with Crippen LogP contribution in [0.4, 0.5) is 5.95 Å². The van der Waals surface area contributed by atoms with Crippen LogP contribution in [0.1, 0.15) is 44.0 Å². The van der Waals surface area contributed by atoms with Crippen LogP contribution in [0, 0.1) is 6.92 Å². The highest BCUT2D eigenvalue weighted by Gasteiger charge is 2.35. The molecule has 14 heteroatoms. The second kappa shape index (κ2) is 11.0. The van der Waals surface area contributed by atoms with Gasteiger partial charge in [0.15, 0.2) is 11.6 Å². The van der Waals surface area contributed by atoms with E-state index >= 15 is 0 Å². The van der Waals surface area contributed by atoms with E-state index in [4.69, 9.17) is 14.0 Å². The largest absolute Gasteiger partial charge is 0.481 e. The van der Waals surface area contributed by atoms with Gasteiger partial charge in [0.05, 0.1) is 19.8 Å². The first-order valence-electron chi connectivity index (χ1n) is 11.5. The lowest BCUT2D eigenvalue weighted by Gasteiger charge is -2.25. The van der Waals surface area contributed by atoms with Crippen molar-refractivity contribution in [3.63, 3.8) is 0 Å². The maximum absolute atomic E-state index is 13.6. The van der Waals surface area contributed by atoms with Gasteiger partial charge in [-0.05, 0) is 39.3 Å². The lowest BCUT2D eigenvalue weighted by molar-refractivity contribution is 0.00152. The average Bonchev–Trinajstić information content (AvgIpc) is 3.53. The minimum Gasteiger partial charge on any atom is -0.481 e. The van der Waals surface area contributed by atoms with Crippen LogP contribution in [0.25, 0.3) is 11.5 Å². The Bertz CT molecular complexity index is 1420. The van der Waals surface area contributed by atoms with Crippen molar-refractivity contribution in [2.45, 2.75) is 51.7 Å². The van der Waals surface area contributed by atoms with Gasteiger partial charge in [0.25, 0.3) is 0 Å². The molecule has 0 radical (unpaired) electrons. The number of nitrogens with zero attached hydrogens (tertiary/aromatic N) is 7. The molecular weight excluding hydrogens is 500 g/mol. The zero-order valence-electron chi connectivity index (χ0n) is 21.1. The number of nitrogens with one attached hydrogen (secondary N) is 1. The van der Waals surface area contributed by atoms with Gasteiger partial charge in [0.2, 0.25) is 21.9 Å². The molecular formula is C23H28N8O5S. The number of rotatable bonds is 11. The molecule has 0 amide bonds. The molecule has 13 nitrogen and oxygen atoms in total. The van der Waals surface area contributed by atoms with E-state index in [-0.39, 0.29) is 24.4 Å². The minimum absolute atomic E-state index is 0.0254. The summed E-state index contributed by atoms with van der Waals surface area (Å²) in [6, 6.07) is 6.81. The normalized spacial score (nSPS) is 13.5. The van der Waals surface area contributed by atoms with E-state index in [2.05, 4.69) is 35.0 Å². The van der Waals surface area contributed by atoms with E-state index < -0.39 is 21.4 Å². The molecule has 1 N–H and O–H groups in total. The molecule has 2 atom stereocenters. The molecule has 0 saturated heterocycles. The molecule has 0 fully saturated rings. The van der Waals surface area contributed by atoms with Crippen LogP contribution in [0.15, 0.2) is 47.4 Å². The number of ether oxygens (including phenoxy) is 2. The fourth-order valence-corrected chi connectivity index (χ4v) is 4.56. The lowest BCUT2D eigenvalue weighted by atomic mass is 10.2. The Morgan fingerprint density at radius 2 is 1.86 bits per heavy atom. The van der Waals surface area contributed by atoms with E-state index in [1.165, 1.54) is 20.3 Å². The summed E-state index contributed by atoms with van der Waals surface area (Å²) in [5.41, 5.74) is 1.81. The molecule has 4 rings (SSSR count). The average molecular weight is 529 g/mol. The Kier molecular flexibility index (Phi) is 7.78. The van der Waals surface area contributed by atoms with Gasteiger partial charge in [-0.3, -0.25) is 9.29 Å². The summed E-state index contributed by atoms with van der Waals surface area (Å²) in [7, 11) is -2.57. The van der Waals surface area contributed by atoms with E-state index in [0.717, 1.165) is 5.56 Å². The van der Waals surface area contributed by atoms with E-state index in [9.17, 15) is 8.42 Å². The number of methoxy groups -OCH3 is 1. The van der Waals surface area contributed by atoms with Crippen LogP contribution < -0.4 is 9.46 Å². The smallest absolute Gasteiger partial charge is 0.240 e. The van der Waals surface area contributed by atoms with Gasteiger partial charge in [-0.15, -0.1) is 10.2 Å². The standard InChI is InChI=1S/C23H28N8O5S/c1-14(2)36-20(21-24-11-15(3)12-25-21)16(4)37(32,33)30-23-28-27-22(18-7-6-8-19(26-18)34-5)31(23)13-17-9-10-35-29-17/h6-12,14,16,20H,13H2,1-5H3,(H,28,30). The molecule has 37 heavy (non-hydrogen) atoms. The van der Waals surface area contributed by atoms with Crippen molar-refractivity contribution in [1.82, 2.24) is 34.9 Å². The van der Waals surface area contributed by atoms with Crippen molar-refractivity contribution < 1.29 is 22.4 Å². The Morgan fingerprint density at radius 1 is 1.11 bits per heavy atom. The van der Waals surface area contributed by atoms with Crippen LogP contribution in [-0.2, 0) is 21.3 Å². The van der Waals surface area contributed by atoms with Crippen molar-refractivity contribution in [2.24, 2.45) is 0 Å². The number of hydrogen-bond acceptors (Lipinski definition) is 11. The van der Waals surface area contributed by atoms with Crippen LogP contribution in [0.5, 0.6) is 5.88 Å². The summed E-state index contributed by atoms with van der Waals surface area (Å²) < 4.78 is 47.3. The topological polar surface area (TPSA) is 160 Å². The first-order chi connectivity index (χ1) is 17.7. The zero-order valence-corrected chi connectivity index (χ0v) is 21.9. The summed E-state index contributed by atoms with van der Waals surface area (Å²) in [6.45, 7) is 7.13. The first-order valence-corrected chi connectivity index (χ1v) is 13.0. The monoisotopic (exact) mass is 528 g/mol. The molecule has 4 aromatic rings. The van der Waals surface area contributed by atoms with Gasteiger partial charge in [-0.25, -0.2) is 23.4 Å². The minimum atomic E-state index is -4.07. The third-order valence-corrected chi connectivity index (χ3v) is 7.04. The van der Waals surface area contributed by atoms with E-state index in [1.807, 2.05) is 20.8 Å². The van der Waals surface area contributed by atoms with Gasteiger partial charge in [-0.1, -0.05) is 11.2 Å². The van der Waals surface area contributed by atoms with Crippen LogP contribution >= 0.6 is 0 Å². The predicted molar refractivity (Wildman–Crippen MR) is 133 cm³/mol. The Balaban J connectivity index is 1.70. The molecule has 0 saturated carbocycles. The fraction of sp³-hybridized carbons (Fsp3) is 0.391. The van der Waals surface area contributed by atoms with Crippen molar-refractivity contribution in [3.8, 4) is 17.4 Å². The Morgan fingerprint density at radius 3 is 2.51 bits per heavy atom. The van der Waals surface area contributed by atoms with Crippen molar-refractivity contribution in [1.29, 1.82) is 0 Å². The third kappa shape index (κ3) is 6.09. The summed E-state index contributed by atoms with van der Waals surface area (Å²) in [6.07, 6.45) is 3.46. The fourth-order valence-electron chi connectivity index (χ4n) is 3.46. The number of aryl methyl sites for hydroxylation is 1. The number of anilines is 1. The Hall–Kier alpha value is -3.91. The van der Waals surface area contributed by atoms with Crippen molar-refractivity contribution in [2.75, 3.05) is 11.8 Å². The second-order valence-electron chi connectivity index (χ2n) is 8.57. The van der Waals surface area contributed by atoms with Crippen LogP contribution in [0.3, 0.4) is 0 Å². The van der Waals surface area contributed by atoms with Crippen LogP contribution in [-0.4, -0.2) is 61.8 Å². The summed E-state index contributed by atoms with van der Waals surface area (Å²) in [5.74, 6) is 0.921. The highest BCUT2D eigenvalue weighted by molar-refractivity contribution is 7.93. The first kappa shape index (κ1) is 26.2. The summed E-state index contributed by atoms with van der Waals surface area (Å²) in [5, 5.41) is 11.2. The van der Waals surface area contributed by atoms with Gasteiger partial charge in [-0.2, -0.15) is 0 Å². The molecule has 4 aromatic heterocycles. The van der Waals surface area contributed by atoms with Gasteiger partial charge >= 0.3 is 0 Å². The predicted octanol–water partition coefficient (Wildman–Crippen LogP) is 2.78. The second-order valence-corrected chi connectivity index (χ2v) is 10.6. The number of pyridine rings is 1. The van der Waals surface area contributed by atoms with Crippen molar-refractivity contribution in [3.05, 3.63) is 60.0 Å². The van der Waals surface area contributed by atoms with Crippen molar-refractivity contribution >= 4 is 16.0 Å². The summed E-state index contributed by atoms with van der Waals surface area (Å²) >= 11 is 0. The lowest BCUT2D eigenvalue weighted by Crippen LogP contribution is -2.35. The number of sulfonamides is 1. The highest BCUT2D eigenvalue weighted by atomic mass is 32.2. The molecule has 196 valence electrons. The van der Waals surface area contributed by atoms with Gasteiger partial charge < -0.3 is 14.0 Å². The van der Waals surface area contributed by atoms with Gasteiger partial charge in [0, 0.05) is 24.5 Å². The molecule has 4 heterocycles. The molecule has 0 aliphatic rings. The quantitative estimate of drug-likeness (QED) is 0.305. The molecule has 0 aromatic carbocycles. The number of hydrogen-bond donors (Lipinski definition) is 1. The third-order valence-electron chi connectivity index (χ3n) is 5.35. The van der Waals surface area contributed by atoms with E-state index in [1.54, 1.807) is 41.2 Å². The van der Waals surface area contributed by atoms with E-state index in [0.29, 0.717) is 23.1 Å². The molecule has 0 spiro atoms. The molecule has 0 aliphatic heterocycles. The van der Waals surface area contributed by atoms with Crippen LogP contribution in [0.2, 0.25) is 0 Å². The molecule has 2 unspecified atom stereocenters. The maximum atomic E-state index is 13.6. The summed E-state index contributed by atoms with van der Waals surface area (Å²) in [4.78, 5) is 13.0. The SMILES string of the molecule is COc1cccc(-c2nnc(NS(=O)(=O)C(C)C(OC(C)C)c3ncc(C)cn3)n2Cc2ccon2)n1. The van der Waals surface area contributed by atoms with Gasteiger partial charge in [0.1, 0.15) is 29.0 Å². The zero-order chi connectivity index (χ0) is 26.6. The Labute approximate surface area is 214 Å². The highest BCUT2D eigenvalue weighted by Crippen LogP contribution is 2.28. The number of aromatic nitrogens is 7. The maximum Gasteiger partial charge on any atom is 0.240 e.